The van der Waals surface area contributed by atoms with Crippen molar-refractivity contribution in [1.82, 2.24) is 19.9 Å². The molecule has 4 rings (SSSR count). The largest absolute Gasteiger partial charge is 0.361 e. The summed E-state index contributed by atoms with van der Waals surface area (Å²) in [6, 6.07) is 10.5. The molecular weight excluding hydrogens is 364 g/mol. The fraction of sp³-hybridized carbons (Fsp3) is 0.105. The second kappa shape index (κ2) is 6.45. The van der Waals surface area contributed by atoms with E-state index in [1.54, 1.807) is 48.5 Å². The number of fused-ring (bicyclic) bond motifs is 1. The van der Waals surface area contributed by atoms with Gasteiger partial charge < -0.3 is 5.73 Å². The molecule has 28 heavy (non-hydrogen) atoms. The number of hydrogen-bond donors (Lipinski definition) is 2. The average Bonchev–Trinajstić information content (AvgIpc) is 3.13. The first kappa shape index (κ1) is 17.7. The van der Waals surface area contributed by atoms with E-state index in [2.05, 4.69) is 15.2 Å². The van der Waals surface area contributed by atoms with E-state index in [0.29, 0.717) is 22.2 Å². The molecule has 9 heteroatoms. The molecule has 0 saturated carbocycles. The van der Waals surface area contributed by atoms with E-state index in [0.717, 1.165) is 4.68 Å². The molecule has 0 unspecified atom stereocenters. The molecule has 0 spiro atoms. The Balaban J connectivity index is 1.76. The third-order valence-electron chi connectivity index (χ3n) is 4.34. The zero-order valence-corrected chi connectivity index (χ0v) is 14.8. The minimum absolute atomic E-state index is 0.0697. The minimum Gasteiger partial charge on any atom is -0.317 e. The third kappa shape index (κ3) is 2.96. The lowest BCUT2D eigenvalue weighted by atomic mass is 10.0. The molecule has 0 atom stereocenters. The molecular formula is C19H16F2N7+. The first-order valence-electron chi connectivity index (χ1n) is 8.36. The van der Waals surface area contributed by atoms with Crippen LogP contribution in [0.15, 0.2) is 61.1 Å². The molecule has 0 saturated heterocycles. The molecule has 0 fully saturated rings. The van der Waals surface area contributed by atoms with Gasteiger partial charge in [0.2, 0.25) is 5.82 Å². The van der Waals surface area contributed by atoms with Crippen LogP contribution in [-0.2, 0) is 13.0 Å². The summed E-state index contributed by atoms with van der Waals surface area (Å²) in [4.78, 5) is 4.12. The van der Waals surface area contributed by atoms with Crippen LogP contribution in [0.5, 0.6) is 0 Å². The first-order chi connectivity index (χ1) is 13.4. The van der Waals surface area contributed by atoms with Gasteiger partial charge in [0.05, 0.1) is 11.7 Å². The quantitative estimate of drug-likeness (QED) is 0.324. The van der Waals surface area contributed by atoms with Crippen LogP contribution in [0.1, 0.15) is 5.56 Å². The van der Waals surface area contributed by atoms with Crippen molar-refractivity contribution in [2.24, 2.45) is 7.05 Å². The molecule has 3 N–H and O–H groups in total. The number of benzene rings is 1. The summed E-state index contributed by atoms with van der Waals surface area (Å²) in [5.41, 5.74) is 7.10. The topological polar surface area (TPSA) is 97.3 Å². The van der Waals surface area contributed by atoms with Gasteiger partial charge in [-0.1, -0.05) is 12.1 Å². The van der Waals surface area contributed by atoms with Gasteiger partial charge in [0.15, 0.2) is 0 Å². The van der Waals surface area contributed by atoms with Gasteiger partial charge in [0.25, 0.3) is 0 Å². The molecule has 7 nitrogen and oxygen atoms in total. The number of anilines is 1. The monoisotopic (exact) mass is 380 g/mol. The number of hydrogen-bond acceptors (Lipinski definition) is 5. The number of pyridine rings is 1. The van der Waals surface area contributed by atoms with Gasteiger partial charge in [-0.2, -0.15) is 19.3 Å². The smallest absolute Gasteiger partial charge is 0.317 e. The highest BCUT2D eigenvalue weighted by molar-refractivity contribution is 5.84. The predicted octanol–water partition coefficient (Wildman–Crippen LogP) is 2.52. The van der Waals surface area contributed by atoms with Crippen molar-refractivity contribution in [2.45, 2.75) is 5.92 Å². The fourth-order valence-electron chi connectivity index (χ4n) is 2.86. The van der Waals surface area contributed by atoms with Crippen molar-refractivity contribution >= 4 is 22.6 Å². The molecule has 140 valence electrons. The van der Waals surface area contributed by atoms with Gasteiger partial charge in [-0.3, -0.25) is 9.67 Å². The average molecular weight is 380 g/mol. The Bertz CT molecular complexity index is 1200. The second-order valence-electron chi connectivity index (χ2n) is 6.29. The Kier molecular flexibility index (Phi) is 4.07. The van der Waals surface area contributed by atoms with E-state index in [1.807, 2.05) is 0 Å². The summed E-state index contributed by atoms with van der Waals surface area (Å²) in [6.45, 7) is 0. The summed E-state index contributed by atoms with van der Waals surface area (Å²) in [5.74, 6) is -4.72. The van der Waals surface area contributed by atoms with E-state index in [-0.39, 0.29) is 11.4 Å². The van der Waals surface area contributed by atoms with Crippen LogP contribution in [0.2, 0.25) is 0 Å². The van der Waals surface area contributed by atoms with Gasteiger partial charge >= 0.3 is 11.8 Å². The van der Waals surface area contributed by atoms with Gasteiger partial charge in [-0.15, -0.1) is 9.78 Å². The summed E-state index contributed by atoms with van der Waals surface area (Å²) >= 11 is 0. The van der Waals surface area contributed by atoms with Gasteiger partial charge in [-0.05, 0) is 24.3 Å². The number of aryl methyl sites for hydroxylation is 1. The maximum atomic E-state index is 15.1. The number of nitrogens with zero attached hydrogens (tertiary/aromatic N) is 5. The summed E-state index contributed by atoms with van der Waals surface area (Å²) in [5, 5.41) is 16.9. The molecule has 0 bridgehead atoms. The van der Waals surface area contributed by atoms with Crippen molar-refractivity contribution in [1.29, 1.82) is 5.41 Å². The second-order valence-corrected chi connectivity index (χ2v) is 6.29. The summed E-state index contributed by atoms with van der Waals surface area (Å²) in [7, 11) is 1.74. The Morgan fingerprint density at radius 3 is 2.79 bits per heavy atom. The van der Waals surface area contributed by atoms with Crippen LogP contribution >= 0.6 is 0 Å². The lowest BCUT2D eigenvalue weighted by Gasteiger charge is -2.16. The molecule has 0 radical (unpaired) electrons. The van der Waals surface area contributed by atoms with Crippen molar-refractivity contribution in [3.05, 3.63) is 66.6 Å². The summed E-state index contributed by atoms with van der Waals surface area (Å²) < 4.78 is 32.5. The van der Waals surface area contributed by atoms with Crippen LogP contribution in [0, 0.1) is 5.41 Å². The number of rotatable bonds is 3. The summed E-state index contributed by atoms with van der Waals surface area (Å²) in [6.07, 6.45) is 4.84. The Morgan fingerprint density at radius 1 is 1.21 bits per heavy atom. The van der Waals surface area contributed by atoms with Gasteiger partial charge in [0.1, 0.15) is 5.69 Å². The highest BCUT2D eigenvalue weighted by Crippen LogP contribution is 2.30. The standard InChI is InChI=1S/C19H15F2N7/c1-27-11-13(10-25-27)16-6-7-17(22)28(26-16)18(23)19(20,21)14-4-5-15-12(9-14)3-2-8-24-15/h2-11,22-23H,1H3/p+1. The number of aromatic nitrogens is 5. The van der Waals surface area contributed by atoms with E-state index in [4.69, 9.17) is 11.1 Å². The van der Waals surface area contributed by atoms with Crippen LogP contribution < -0.4 is 10.4 Å². The first-order valence-corrected chi connectivity index (χ1v) is 8.36. The molecule has 0 aliphatic heterocycles. The van der Waals surface area contributed by atoms with E-state index < -0.39 is 11.8 Å². The maximum absolute atomic E-state index is 15.1. The number of nitrogens with two attached hydrogens (primary N) is 1. The molecule has 4 aromatic rings. The maximum Gasteiger partial charge on any atom is 0.361 e. The van der Waals surface area contributed by atoms with Crippen molar-refractivity contribution in [3.63, 3.8) is 0 Å². The van der Waals surface area contributed by atoms with Gasteiger partial charge in [0, 0.05) is 42.0 Å². The lowest BCUT2D eigenvalue weighted by molar-refractivity contribution is -0.616. The zero-order chi connectivity index (χ0) is 19.9. The predicted molar refractivity (Wildman–Crippen MR) is 99.8 cm³/mol. The highest BCUT2D eigenvalue weighted by atomic mass is 19.3. The van der Waals surface area contributed by atoms with Crippen molar-refractivity contribution in [3.8, 4) is 11.3 Å². The molecule has 1 aromatic carbocycles. The molecule has 0 aliphatic rings. The van der Waals surface area contributed by atoms with Gasteiger partial charge in [-0.25, -0.2) is 0 Å². The molecule has 0 amide bonds. The van der Waals surface area contributed by atoms with Crippen LogP contribution in [-0.4, -0.2) is 25.7 Å². The van der Waals surface area contributed by atoms with E-state index >= 15 is 8.78 Å². The number of halogens is 2. The molecule has 3 heterocycles. The Hall–Kier alpha value is -3.75. The van der Waals surface area contributed by atoms with E-state index in [9.17, 15) is 0 Å². The molecule has 3 aromatic heterocycles. The van der Waals surface area contributed by atoms with Crippen molar-refractivity contribution < 1.29 is 13.5 Å². The fourth-order valence-corrected chi connectivity index (χ4v) is 2.86. The normalized spacial score (nSPS) is 11.7. The van der Waals surface area contributed by atoms with Crippen LogP contribution in [0.4, 0.5) is 14.6 Å². The number of alkyl halides is 2. The van der Waals surface area contributed by atoms with Crippen LogP contribution in [0.25, 0.3) is 22.2 Å². The van der Waals surface area contributed by atoms with E-state index in [1.165, 1.54) is 24.3 Å². The van der Waals surface area contributed by atoms with Crippen molar-refractivity contribution in [2.75, 3.05) is 5.73 Å². The Morgan fingerprint density at radius 2 is 2.04 bits per heavy atom. The minimum atomic E-state index is -3.61. The third-order valence-corrected chi connectivity index (χ3v) is 4.34. The number of nitrogen functional groups attached to an aromatic ring is 1. The SMILES string of the molecule is Cn1cc(-c2ccc(N)[n+](C(=N)C(F)(F)c3ccc4ncccc4c3)n2)cn1. The zero-order valence-electron chi connectivity index (χ0n) is 14.8. The molecule has 0 aliphatic carbocycles. The lowest BCUT2D eigenvalue weighted by Crippen LogP contribution is -2.55. The highest BCUT2D eigenvalue weighted by Gasteiger charge is 2.44. The number of nitrogens with one attached hydrogen (secondary N) is 1. The van der Waals surface area contributed by atoms with Crippen LogP contribution in [0.3, 0.4) is 0 Å². The Labute approximate surface area is 158 Å².